The molecule has 21 heavy (non-hydrogen) atoms. The van der Waals surface area contributed by atoms with Crippen molar-refractivity contribution in [1.29, 1.82) is 0 Å². The van der Waals surface area contributed by atoms with E-state index in [9.17, 15) is 9.90 Å². The summed E-state index contributed by atoms with van der Waals surface area (Å²) in [6.45, 7) is 0.0261. The van der Waals surface area contributed by atoms with Crippen LogP contribution in [0.1, 0.15) is 24.3 Å². The summed E-state index contributed by atoms with van der Waals surface area (Å²) >= 11 is 1.86. The Bertz CT molecular complexity index is 489. The van der Waals surface area contributed by atoms with E-state index in [0.29, 0.717) is 17.1 Å². The van der Waals surface area contributed by atoms with Gasteiger partial charge in [0.2, 0.25) is 0 Å². The van der Waals surface area contributed by atoms with E-state index in [1.165, 1.54) is 0 Å². The maximum Gasteiger partial charge on any atom is 0.312 e. The van der Waals surface area contributed by atoms with Crippen LogP contribution in [0.3, 0.4) is 0 Å². The Kier molecular flexibility index (Phi) is 5.76. The molecule has 1 aromatic rings. The second-order valence-corrected chi connectivity index (χ2v) is 6.11. The van der Waals surface area contributed by atoms with E-state index in [-0.39, 0.29) is 12.6 Å². The number of hydrogen-bond acceptors (Lipinski definition) is 5. The maximum absolute atomic E-state index is 11.4. The number of carboxylic acid groups (broad SMARTS) is 1. The predicted molar refractivity (Wildman–Crippen MR) is 83.4 cm³/mol. The molecule has 3 N–H and O–H groups in total. The van der Waals surface area contributed by atoms with Crippen molar-refractivity contribution in [3.8, 4) is 11.5 Å². The smallest absolute Gasteiger partial charge is 0.312 e. The first kappa shape index (κ1) is 16.0. The summed E-state index contributed by atoms with van der Waals surface area (Å²) < 4.78 is 11.4. The molecule has 1 aliphatic rings. The minimum atomic E-state index is -0.950. The zero-order chi connectivity index (χ0) is 15.2. The van der Waals surface area contributed by atoms with Gasteiger partial charge >= 0.3 is 5.97 Å². The van der Waals surface area contributed by atoms with Gasteiger partial charge in [-0.15, -0.1) is 0 Å². The van der Waals surface area contributed by atoms with Crippen LogP contribution in [-0.4, -0.2) is 42.3 Å². The molecular formula is C15H21NO4S. The van der Waals surface area contributed by atoms with Crippen molar-refractivity contribution in [2.45, 2.75) is 24.9 Å². The monoisotopic (exact) mass is 311 g/mol. The number of methoxy groups -OCH3 is 1. The van der Waals surface area contributed by atoms with Gasteiger partial charge in [0.05, 0.1) is 13.0 Å². The standard InChI is InChI=1S/C15H21NO4S/c1-19-13-6-2-5-11(12(8-16)15(17)18)14(13)20-10-4-3-7-21-9-10/h2,5-6,10,12H,3-4,7-9,16H2,1H3,(H,17,18). The molecule has 0 spiro atoms. The number of ether oxygens (including phenoxy) is 2. The molecule has 0 radical (unpaired) electrons. The van der Waals surface area contributed by atoms with Crippen molar-refractivity contribution in [3.05, 3.63) is 23.8 Å². The fourth-order valence-corrected chi connectivity index (χ4v) is 3.46. The lowest BCUT2D eigenvalue weighted by atomic mass is 9.98. The van der Waals surface area contributed by atoms with Gasteiger partial charge in [0.25, 0.3) is 0 Å². The summed E-state index contributed by atoms with van der Waals surface area (Å²) in [6, 6.07) is 5.30. The molecule has 6 heteroatoms. The molecule has 1 heterocycles. The summed E-state index contributed by atoms with van der Waals surface area (Å²) in [7, 11) is 1.56. The van der Waals surface area contributed by atoms with Gasteiger partial charge < -0.3 is 20.3 Å². The van der Waals surface area contributed by atoms with Gasteiger partial charge in [-0.05, 0) is 24.7 Å². The topological polar surface area (TPSA) is 81.8 Å². The molecule has 0 saturated carbocycles. The molecule has 1 fully saturated rings. The molecule has 2 unspecified atom stereocenters. The summed E-state index contributed by atoms with van der Waals surface area (Å²) in [4.78, 5) is 11.4. The molecule has 116 valence electrons. The van der Waals surface area contributed by atoms with E-state index in [1.54, 1.807) is 25.3 Å². The highest BCUT2D eigenvalue weighted by Crippen LogP contribution is 2.37. The van der Waals surface area contributed by atoms with Gasteiger partial charge in [0.15, 0.2) is 11.5 Å². The predicted octanol–water partition coefficient (Wildman–Crippen LogP) is 2.10. The average molecular weight is 311 g/mol. The zero-order valence-electron chi connectivity index (χ0n) is 12.1. The van der Waals surface area contributed by atoms with Crippen LogP contribution in [0.4, 0.5) is 0 Å². The van der Waals surface area contributed by atoms with Crippen LogP contribution in [0.25, 0.3) is 0 Å². The van der Waals surface area contributed by atoms with Gasteiger partial charge in [-0.3, -0.25) is 4.79 Å². The molecule has 5 nitrogen and oxygen atoms in total. The third-order valence-electron chi connectivity index (χ3n) is 3.54. The molecule has 1 aromatic carbocycles. The van der Waals surface area contributed by atoms with Crippen molar-refractivity contribution in [3.63, 3.8) is 0 Å². The lowest BCUT2D eigenvalue weighted by Crippen LogP contribution is -2.26. The van der Waals surface area contributed by atoms with Crippen molar-refractivity contribution in [2.24, 2.45) is 5.73 Å². The fraction of sp³-hybridized carbons (Fsp3) is 0.533. The number of hydrogen-bond donors (Lipinski definition) is 2. The summed E-state index contributed by atoms with van der Waals surface area (Å²) in [6.07, 6.45) is 2.18. The summed E-state index contributed by atoms with van der Waals surface area (Å²) in [5.74, 6) is 1.41. The minimum absolute atomic E-state index is 0.0261. The van der Waals surface area contributed by atoms with E-state index < -0.39 is 11.9 Å². The Hall–Kier alpha value is -1.40. The number of nitrogens with two attached hydrogens (primary N) is 1. The van der Waals surface area contributed by atoms with E-state index in [0.717, 1.165) is 24.3 Å². The van der Waals surface area contributed by atoms with Crippen molar-refractivity contribution in [2.75, 3.05) is 25.2 Å². The van der Waals surface area contributed by atoms with Crippen LogP contribution >= 0.6 is 11.8 Å². The lowest BCUT2D eigenvalue weighted by molar-refractivity contribution is -0.138. The molecule has 2 rings (SSSR count). The van der Waals surface area contributed by atoms with E-state index in [2.05, 4.69) is 0 Å². The lowest BCUT2D eigenvalue weighted by Gasteiger charge is -2.26. The van der Waals surface area contributed by atoms with Crippen molar-refractivity contribution < 1.29 is 19.4 Å². The van der Waals surface area contributed by atoms with E-state index in [4.69, 9.17) is 15.2 Å². The van der Waals surface area contributed by atoms with Gasteiger partial charge in [0.1, 0.15) is 6.10 Å². The Labute approximate surface area is 128 Å². The molecule has 1 aliphatic heterocycles. The number of benzene rings is 1. The minimum Gasteiger partial charge on any atom is -0.493 e. The Balaban J connectivity index is 2.33. The molecule has 2 atom stereocenters. The molecular weight excluding hydrogens is 290 g/mol. The number of aliphatic carboxylic acids is 1. The van der Waals surface area contributed by atoms with E-state index in [1.807, 2.05) is 11.8 Å². The highest BCUT2D eigenvalue weighted by Gasteiger charge is 2.26. The van der Waals surface area contributed by atoms with Crippen LogP contribution in [0.15, 0.2) is 18.2 Å². The van der Waals surface area contributed by atoms with Crippen molar-refractivity contribution >= 4 is 17.7 Å². The number of carbonyl (C=O) groups is 1. The second-order valence-electron chi connectivity index (χ2n) is 4.96. The molecule has 0 aliphatic carbocycles. The third kappa shape index (κ3) is 3.83. The van der Waals surface area contributed by atoms with Crippen LogP contribution < -0.4 is 15.2 Å². The number of thioether (sulfide) groups is 1. The quantitative estimate of drug-likeness (QED) is 0.837. The van der Waals surface area contributed by atoms with Crippen LogP contribution in [-0.2, 0) is 4.79 Å². The van der Waals surface area contributed by atoms with Gasteiger partial charge in [0, 0.05) is 17.9 Å². The molecule has 0 bridgehead atoms. The molecule has 0 aromatic heterocycles. The number of carboxylic acids is 1. The first-order valence-corrected chi connectivity index (χ1v) is 8.17. The third-order valence-corrected chi connectivity index (χ3v) is 4.73. The summed E-state index contributed by atoms with van der Waals surface area (Å²) in [5, 5.41) is 9.34. The second kappa shape index (κ2) is 7.56. The zero-order valence-corrected chi connectivity index (χ0v) is 12.9. The normalized spacial score (nSPS) is 19.8. The highest BCUT2D eigenvalue weighted by atomic mass is 32.2. The first-order valence-electron chi connectivity index (χ1n) is 7.01. The van der Waals surface area contributed by atoms with Crippen LogP contribution in [0.5, 0.6) is 11.5 Å². The molecule has 1 saturated heterocycles. The number of rotatable bonds is 6. The SMILES string of the molecule is COc1cccc(C(CN)C(=O)O)c1OC1CCCSC1. The van der Waals surface area contributed by atoms with Gasteiger partial charge in [-0.25, -0.2) is 0 Å². The first-order chi connectivity index (χ1) is 10.2. The van der Waals surface area contributed by atoms with Gasteiger partial charge in [-0.2, -0.15) is 11.8 Å². The van der Waals surface area contributed by atoms with Gasteiger partial charge in [-0.1, -0.05) is 12.1 Å². The Morgan fingerprint density at radius 1 is 1.57 bits per heavy atom. The highest BCUT2D eigenvalue weighted by molar-refractivity contribution is 7.99. The maximum atomic E-state index is 11.4. The van der Waals surface area contributed by atoms with Crippen LogP contribution in [0.2, 0.25) is 0 Å². The Morgan fingerprint density at radius 3 is 2.95 bits per heavy atom. The fourth-order valence-electron chi connectivity index (χ4n) is 2.43. The van der Waals surface area contributed by atoms with E-state index >= 15 is 0 Å². The summed E-state index contributed by atoms with van der Waals surface area (Å²) in [5.41, 5.74) is 6.20. The van der Waals surface area contributed by atoms with Crippen molar-refractivity contribution in [1.82, 2.24) is 0 Å². The average Bonchev–Trinajstić information content (AvgIpc) is 2.50. The Morgan fingerprint density at radius 2 is 2.38 bits per heavy atom. The molecule has 0 amide bonds. The number of para-hydroxylation sites is 1. The largest absolute Gasteiger partial charge is 0.493 e. The van der Waals surface area contributed by atoms with Crippen LogP contribution in [0, 0.1) is 0 Å².